The van der Waals surface area contributed by atoms with Crippen molar-refractivity contribution in [3.05, 3.63) is 64.8 Å². The molecule has 28 heavy (non-hydrogen) atoms. The first kappa shape index (κ1) is 16.7. The van der Waals surface area contributed by atoms with E-state index < -0.39 is 0 Å². The Hall–Kier alpha value is -3.46. The van der Waals surface area contributed by atoms with Gasteiger partial charge >= 0.3 is 0 Å². The van der Waals surface area contributed by atoms with Crippen LogP contribution in [0.5, 0.6) is 0 Å². The van der Waals surface area contributed by atoms with Crippen molar-refractivity contribution in [2.75, 3.05) is 11.9 Å². The van der Waals surface area contributed by atoms with Crippen LogP contribution in [0.15, 0.2) is 47.5 Å². The van der Waals surface area contributed by atoms with Gasteiger partial charge in [0, 0.05) is 23.4 Å². The molecule has 2 N–H and O–H groups in total. The molecule has 4 aromatic rings. The lowest BCUT2D eigenvalue weighted by Gasteiger charge is -2.26. The number of anilines is 1. The number of thiazole rings is 1. The third-order valence-corrected chi connectivity index (χ3v) is 5.69. The first-order chi connectivity index (χ1) is 13.7. The molecule has 4 heterocycles. The Bertz CT molecular complexity index is 1180. The van der Waals surface area contributed by atoms with Crippen molar-refractivity contribution < 1.29 is 14.0 Å². The van der Waals surface area contributed by atoms with E-state index in [0.29, 0.717) is 35.8 Å². The molecule has 0 bridgehead atoms. The van der Waals surface area contributed by atoms with E-state index in [4.69, 9.17) is 4.42 Å². The van der Waals surface area contributed by atoms with Gasteiger partial charge in [-0.15, -0.1) is 0 Å². The Balaban J connectivity index is 1.32. The highest BCUT2D eigenvalue weighted by atomic mass is 32.1. The van der Waals surface area contributed by atoms with Crippen LogP contribution in [0.3, 0.4) is 0 Å². The predicted octanol–water partition coefficient (Wildman–Crippen LogP) is 3.06. The zero-order chi connectivity index (χ0) is 19.1. The number of aromatic amines is 1. The van der Waals surface area contributed by atoms with Crippen molar-refractivity contribution in [3.63, 3.8) is 0 Å². The van der Waals surface area contributed by atoms with E-state index in [2.05, 4.69) is 20.3 Å². The predicted molar refractivity (Wildman–Crippen MR) is 103 cm³/mol. The zero-order valence-corrected chi connectivity index (χ0v) is 15.5. The fraction of sp³-hybridized carbons (Fsp3) is 0.158. The molecule has 8 nitrogen and oxygen atoms in total. The molecule has 5 rings (SSSR count). The highest BCUT2D eigenvalue weighted by Gasteiger charge is 2.25. The first-order valence-corrected chi connectivity index (χ1v) is 9.53. The summed E-state index contributed by atoms with van der Waals surface area (Å²) in [6.45, 7) is 1.07. The van der Waals surface area contributed by atoms with E-state index in [1.807, 2.05) is 12.1 Å². The summed E-state index contributed by atoms with van der Waals surface area (Å²) < 4.78 is 4.93. The lowest BCUT2D eigenvalue weighted by molar-refractivity contribution is 0.0736. The third-order valence-electron chi connectivity index (χ3n) is 4.69. The number of amides is 2. The Morgan fingerprint density at radius 2 is 2.18 bits per heavy atom. The highest BCUT2D eigenvalue weighted by molar-refractivity contribution is 7.15. The van der Waals surface area contributed by atoms with Crippen LogP contribution < -0.4 is 5.32 Å². The maximum atomic E-state index is 12.9. The van der Waals surface area contributed by atoms with Gasteiger partial charge in [-0.2, -0.15) is 0 Å². The molecule has 1 aliphatic rings. The SMILES string of the molecule is O=C(Nc1nc2c(s1)CN(C(=O)c1ccc3nc[nH]c3c1)CC2)c1ccoc1. The number of nitrogens with one attached hydrogen (secondary N) is 2. The van der Waals surface area contributed by atoms with Crippen LogP contribution >= 0.6 is 11.3 Å². The van der Waals surface area contributed by atoms with Crippen LogP contribution in [0.25, 0.3) is 11.0 Å². The van der Waals surface area contributed by atoms with Crippen molar-refractivity contribution in [1.82, 2.24) is 19.9 Å². The largest absolute Gasteiger partial charge is 0.472 e. The summed E-state index contributed by atoms with van der Waals surface area (Å²) in [7, 11) is 0. The van der Waals surface area contributed by atoms with Crippen LogP contribution in [-0.4, -0.2) is 38.2 Å². The van der Waals surface area contributed by atoms with Crippen LogP contribution in [0.4, 0.5) is 5.13 Å². The first-order valence-electron chi connectivity index (χ1n) is 8.72. The van der Waals surface area contributed by atoms with Gasteiger partial charge in [0.1, 0.15) is 6.26 Å². The summed E-state index contributed by atoms with van der Waals surface area (Å²) in [5, 5.41) is 3.32. The van der Waals surface area contributed by atoms with Gasteiger partial charge in [-0.1, -0.05) is 11.3 Å². The van der Waals surface area contributed by atoms with Gasteiger partial charge < -0.3 is 14.3 Å². The van der Waals surface area contributed by atoms with E-state index >= 15 is 0 Å². The zero-order valence-electron chi connectivity index (χ0n) is 14.6. The topological polar surface area (TPSA) is 104 Å². The van der Waals surface area contributed by atoms with E-state index in [1.54, 1.807) is 23.4 Å². The van der Waals surface area contributed by atoms with Crippen molar-refractivity contribution in [1.29, 1.82) is 0 Å². The molecular weight excluding hydrogens is 378 g/mol. The van der Waals surface area contributed by atoms with Gasteiger partial charge in [0.25, 0.3) is 11.8 Å². The van der Waals surface area contributed by atoms with Gasteiger partial charge in [-0.25, -0.2) is 9.97 Å². The summed E-state index contributed by atoms with van der Waals surface area (Å²) in [5.74, 6) is -0.292. The van der Waals surface area contributed by atoms with Gasteiger partial charge in [-0.3, -0.25) is 14.9 Å². The quantitative estimate of drug-likeness (QED) is 0.557. The van der Waals surface area contributed by atoms with Crippen molar-refractivity contribution in [2.45, 2.75) is 13.0 Å². The monoisotopic (exact) mass is 393 g/mol. The molecular formula is C19H15N5O3S. The maximum Gasteiger partial charge on any atom is 0.260 e. The smallest absolute Gasteiger partial charge is 0.260 e. The molecule has 0 saturated heterocycles. The fourth-order valence-corrected chi connectivity index (χ4v) is 4.26. The highest BCUT2D eigenvalue weighted by Crippen LogP contribution is 2.29. The minimum atomic E-state index is -0.263. The maximum absolute atomic E-state index is 12.9. The van der Waals surface area contributed by atoms with E-state index in [1.165, 1.54) is 23.9 Å². The molecule has 1 aliphatic heterocycles. The average Bonchev–Trinajstić information content (AvgIpc) is 3.45. The molecule has 2 amide bonds. The third kappa shape index (κ3) is 2.95. The minimum Gasteiger partial charge on any atom is -0.472 e. The van der Waals surface area contributed by atoms with Gasteiger partial charge in [0.05, 0.1) is 41.4 Å². The molecule has 0 fully saturated rings. The molecule has 0 atom stereocenters. The molecule has 9 heteroatoms. The number of rotatable bonds is 3. The Morgan fingerprint density at radius 1 is 1.25 bits per heavy atom. The number of aromatic nitrogens is 3. The Morgan fingerprint density at radius 3 is 3.04 bits per heavy atom. The molecule has 1 aromatic carbocycles. The Kier molecular flexibility index (Phi) is 3.94. The summed E-state index contributed by atoms with van der Waals surface area (Å²) in [4.78, 5) is 39.6. The lowest BCUT2D eigenvalue weighted by atomic mass is 10.1. The van der Waals surface area contributed by atoms with Crippen molar-refractivity contribution in [2.24, 2.45) is 0 Å². The van der Waals surface area contributed by atoms with Crippen molar-refractivity contribution >= 4 is 39.3 Å². The fourth-order valence-electron chi connectivity index (χ4n) is 3.24. The molecule has 0 spiro atoms. The Labute approximate surface area is 163 Å². The van der Waals surface area contributed by atoms with E-state index in [9.17, 15) is 9.59 Å². The standard InChI is InChI=1S/C19H15N5O3S/c25-17(12-4-6-27-9-12)23-19-22-14-3-5-24(8-16(14)28-19)18(26)11-1-2-13-15(7-11)21-10-20-13/h1-2,4,6-7,9-10H,3,5,8H2,(H,20,21)(H,22,23,25). The number of fused-ring (bicyclic) bond motifs is 2. The van der Waals surface area contributed by atoms with Crippen LogP contribution in [0, 0.1) is 0 Å². The molecule has 0 unspecified atom stereocenters. The average molecular weight is 393 g/mol. The second-order valence-corrected chi connectivity index (χ2v) is 7.55. The molecule has 0 saturated carbocycles. The van der Waals surface area contributed by atoms with Gasteiger partial charge in [0.15, 0.2) is 5.13 Å². The normalized spacial score (nSPS) is 13.5. The molecule has 0 aliphatic carbocycles. The molecule has 0 radical (unpaired) electrons. The number of hydrogen-bond acceptors (Lipinski definition) is 6. The van der Waals surface area contributed by atoms with Crippen LogP contribution in [0.2, 0.25) is 0 Å². The number of nitrogens with zero attached hydrogens (tertiary/aromatic N) is 3. The number of hydrogen-bond donors (Lipinski definition) is 2. The van der Waals surface area contributed by atoms with Gasteiger partial charge in [0.2, 0.25) is 0 Å². The van der Waals surface area contributed by atoms with E-state index in [0.717, 1.165) is 21.6 Å². The molecule has 3 aromatic heterocycles. The second-order valence-electron chi connectivity index (χ2n) is 6.47. The summed E-state index contributed by atoms with van der Waals surface area (Å²) >= 11 is 1.40. The lowest BCUT2D eigenvalue weighted by Crippen LogP contribution is -2.35. The van der Waals surface area contributed by atoms with E-state index in [-0.39, 0.29) is 11.8 Å². The number of furan rings is 1. The summed E-state index contributed by atoms with van der Waals surface area (Å²) in [6.07, 6.45) is 5.11. The van der Waals surface area contributed by atoms with Crippen LogP contribution in [0.1, 0.15) is 31.3 Å². The number of carbonyl (C=O) groups is 2. The number of carbonyl (C=O) groups excluding carboxylic acids is 2. The van der Waals surface area contributed by atoms with Crippen LogP contribution in [-0.2, 0) is 13.0 Å². The number of H-pyrrole nitrogens is 1. The second kappa shape index (κ2) is 6.61. The summed E-state index contributed by atoms with van der Waals surface area (Å²) in [6, 6.07) is 7.05. The molecule has 140 valence electrons. The number of imidazole rings is 1. The van der Waals surface area contributed by atoms with Crippen molar-refractivity contribution in [3.8, 4) is 0 Å². The van der Waals surface area contributed by atoms with Gasteiger partial charge in [-0.05, 0) is 24.3 Å². The minimum absolute atomic E-state index is 0.0282. The number of benzene rings is 1. The summed E-state index contributed by atoms with van der Waals surface area (Å²) in [5.41, 5.74) is 3.67.